The fraction of sp³-hybridized carbons (Fsp3) is 0.476. The first-order valence-electron chi connectivity index (χ1n) is 10.2. The number of piperidine rings is 1. The average molecular weight is 362 g/mol. The van der Waals surface area contributed by atoms with Crippen molar-refractivity contribution in [2.24, 2.45) is 0 Å². The molecule has 3 aromatic rings. The van der Waals surface area contributed by atoms with Crippen LogP contribution in [-0.4, -0.2) is 45.7 Å². The Bertz CT molecular complexity index is 907. The molecule has 5 rings (SSSR count). The number of aromatic nitrogens is 4. The summed E-state index contributed by atoms with van der Waals surface area (Å²) < 4.78 is 2.17. The second-order valence-corrected chi connectivity index (χ2v) is 7.62. The molecule has 2 aliphatic heterocycles. The molecular formula is C21H26N6. The van der Waals surface area contributed by atoms with Gasteiger partial charge in [0.05, 0.1) is 12.9 Å². The third kappa shape index (κ3) is 3.24. The molecule has 0 N–H and O–H groups in total. The predicted molar refractivity (Wildman–Crippen MR) is 108 cm³/mol. The Morgan fingerprint density at radius 2 is 1.48 bits per heavy atom. The van der Waals surface area contributed by atoms with E-state index in [4.69, 9.17) is 15.0 Å². The highest BCUT2D eigenvalue weighted by Gasteiger charge is 2.23. The van der Waals surface area contributed by atoms with E-state index in [1.807, 2.05) is 6.33 Å². The molecule has 0 unspecified atom stereocenters. The van der Waals surface area contributed by atoms with Crippen molar-refractivity contribution < 1.29 is 0 Å². The average Bonchev–Trinajstić information content (AvgIpc) is 3.39. The zero-order valence-corrected chi connectivity index (χ0v) is 15.7. The third-order valence-electron chi connectivity index (χ3n) is 5.67. The van der Waals surface area contributed by atoms with E-state index < -0.39 is 0 Å². The summed E-state index contributed by atoms with van der Waals surface area (Å²) >= 11 is 0. The molecule has 0 spiro atoms. The van der Waals surface area contributed by atoms with Crippen molar-refractivity contribution in [3.8, 4) is 0 Å². The summed E-state index contributed by atoms with van der Waals surface area (Å²) in [6.45, 7) is 5.02. The minimum atomic E-state index is 0.785. The van der Waals surface area contributed by atoms with E-state index in [0.717, 1.165) is 55.7 Å². The van der Waals surface area contributed by atoms with Crippen LogP contribution in [0.4, 0.5) is 11.8 Å². The van der Waals surface area contributed by atoms with Gasteiger partial charge in [-0.15, -0.1) is 0 Å². The van der Waals surface area contributed by atoms with Crippen molar-refractivity contribution >= 4 is 22.9 Å². The molecule has 2 saturated heterocycles. The van der Waals surface area contributed by atoms with Crippen LogP contribution in [0.5, 0.6) is 0 Å². The van der Waals surface area contributed by atoms with Gasteiger partial charge in [-0.2, -0.15) is 9.97 Å². The Kier molecular flexibility index (Phi) is 4.40. The van der Waals surface area contributed by atoms with Crippen LogP contribution in [0, 0.1) is 0 Å². The number of fused-ring (bicyclic) bond motifs is 1. The van der Waals surface area contributed by atoms with Gasteiger partial charge in [0, 0.05) is 26.2 Å². The van der Waals surface area contributed by atoms with Gasteiger partial charge in [-0.3, -0.25) is 0 Å². The summed E-state index contributed by atoms with van der Waals surface area (Å²) in [7, 11) is 0. The molecule has 0 amide bonds. The SMILES string of the molecule is c1ccc(Cn2cnc3c(N4CCCCC4)nc(N4CCCC4)nc32)cc1. The molecule has 0 radical (unpaired) electrons. The van der Waals surface area contributed by atoms with Crippen LogP contribution in [0.1, 0.15) is 37.7 Å². The van der Waals surface area contributed by atoms with Gasteiger partial charge in [0.15, 0.2) is 17.0 Å². The lowest BCUT2D eigenvalue weighted by atomic mass is 10.1. The molecule has 0 saturated carbocycles. The Morgan fingerprint density at radius 3 is 2.26 bits per heavy atom. The maximum absolute atomic E-state index is 4.99. The first kappa shape index (κ1) is 16.5. The van der Waals surface area contributed by atoms with Crippen LogP contribution in [0.2, 0.25) is 0 Å². The highest BCUT2D eigenvalue weighted by molar-refractivity contribution is 5.85. The Labute approximate surface area is 159 Å². The summed E-state index contributed by atoms with van der Waals surface area (Å²) in [6.07, 6.45) is 8.15. The van der Waals surface area contributed by atoms with E-state index in [9.17, 15) is 0 Å². The lowest BCUT2D eigenvalue weighted by Crippen LogP contribution is -2.31. The number of rotatable bonds is 4. The molecule has 4 heterocycles. The first-order chi connectivity index (χ1) is 13.4. The largest absolute Gasteiger partial charge is 0.355 e. The van der Waals surface area contributed by atoms with Crippen molar-refractivity contribution in [2.45, 2.75) is 38.6 Å². The quantitative estimate of drug-likeness (QED) is 0.711. The van der Waals surface area contributed by atoms with Gasteiger partial charge in [0.2, 0.25) is 5.95 Å². The molecule has 0 aliphatic carbocycles. The summed E-state index contributed by atoms with van der Waals surface area (Å²) in [4.78, 5) is 19.4. The summed E-state index contributed by atoms with van der Waals surface area (Å²) in [5.41, 5.74) is 3.16. The zero-order chi connectivity index (χ0) is 18.1. The van der Waals surface area contributed by atoms with Gasteiger partial charge in [0.25, 0.3) is 0 Å². The second-order valence-electron chi connectivity index (χ2n) is 7.62. The number of hydrogen-bond acceptors (Lipinski definition) is 5. The highest BCUT2D eigenvalue weighted by Crippen LogP contribution is 2.29. The number of nitrogens with zero attached hydrogens (tertiary/aromatic N) is 6. The van der Waals surface area contributed by atoms with Crippen LogP contribution in [0.3, 0.4) is 0 Å². The highest BCUT2D eigenvalue weighted by atomic mass is 15.3. The molecule has 2 aromatic heterocycles. The van der Waals surface area contributed by atoms with Crippen LogP contribution in [-0.2, 0) is 6.54 Å². The van der Waals surface area contributed by atoms with Gasteiger partial charge in [-0.05, 0) is 37.7 Å². The molecule has 6 heteroatoms. The van der Waals surface area contributed by atoms with Crippen LogP contribution in [0.25, 0.3) is 11.2 Å². The molecule has 140 valence electrons. The second kappa shape index (κ2) is 7.18. The van der Waals surface area contributed by atoms with E-state index >= 15 is 0 Å². The van der Waals surface area contributed by atoms with Crippen LogP contribution in [0.15, 0.2) is 36.7 Å². The predicted octanol–water partition coefficient (Wildman–Crippen LogP) is 3.47. The van der Waals surface area contributed by atoms with E-state index in [0.29, 0.717) is 0 Å². The topological polar surface area (TPSA) is 50.1 Å². The summed E-state index contributed by atoms with van der Waals surface area (Å²) in [6, 6.07) is 10.5. The molecule has 6 nitrogen and oxygen atoms in total. The van der Waals surface area contributed by atoms with Gasteiger partial charge in [-0.25, -0.2) is 4.98 Å². The monoisotopic (exact) mass is 362 g/mol. The molecule has 0 bridgehead atoms. The molecule has 2 aliphatic rings. The lowest BCUT2D eigenvalue weighted by molar-refractivity contribution is 0.574. The van der Waals surface area contributed by atoms with Crippen molar-refractivity contribution in [2.75, 3.05) is 36.0 Å². The molecule has 2 fully saturated rings. The summed E-state index contributed by atoms with van der Waals surface area (Å²) in [5.74, 6) is 1.89. The third-order valence-corrected chi connectivity index (χ3v) is 5.67. The van der Waals surface area contributed by atoms with Crippen LogP contribution < -0.4 is 9.80 Å². The molecule has 1 aromatic carbocycles. The van der Waals surface area contributed by atoms with E-state index in [1.165, 1.54) is 37.7 Å². The van der Waals surface area contributed by atoms with E-state index in [-0.39, 0.29) is 0 Å². The molecular weight excluding hydrogens is 336 g/mol. The van der Waals surface area contributed by atoms with E-state index in [1.54, 1.807) is 0 Å². The number of imidazole rings is 1. The Morgan fingerprint density at radius 1 is 0.778 bits per heavy atom. The maximum Gasteiger partial charge on any atom is 0.229 e. The first-order valence-corrected chi connectivity index (χ1v) is 10.2. The molecule has 0 atom stereocenters. The van der Waals surface area contributed by atoms with Crippen molar-refractivity contribution in [3.63, 3.8) is 0 Å². The number of anilines is 2. The number of benzene rings is 1. The number of hydrogen-bond donors (Lipinski definition) is 0. The smallest absolute Gasteiger partial charge is 0.229 e. The van der Waals surface area contributed by atoms with Crippen molar-refractivity contribution in [1.29, 1.82) is 0 Å². The fourth-order valence-electron chi connectivity index (χ4n) is 4.20. The lowest BCUT2D eigenvalue weighted by Gasteiger charge is -2.28. The van der Waals surface area contributed by atoms with Crippen molar-refractivity contribution in [1.82, 2.24) is 19.5 Å². The standard InChI is InChI=1S/C21H26N6/c1-3-9-17(10-4-1)15-27-16-22-18-19(25-11-5-2-6-12-25)23-21(24-20(18)27)26-13-7-8-14-26/h1,3-4,9-10,16H,2,5-8,11-15H2. The van der Waals surface area contributed by atoms with Crippen molar-refractivity contribution in [3.05, 3.63) is 42.2 Å². The van der Waals surface area contributed by atoms with Gasteiger partial charge in [-0.1, -0.05) is 30.3 Å². The Hall–Kier alpha value is -2.63. The van der Waals surface area contributed by atoms with E-state index in [2.05, 4.69) is 44.7 Å². The minimum absolute atomic E-state index is 0.785. The van der Waals surface area contributed by atoms with Gasteiger partial charge < -0.3 is 14.4 Å². The Balaban J connectivity index is 1.59. The molecule has 27 heavy (non-hydrogen) atoms. The van der Waals surface area contributed by atoms with Gasteiger partial charge in [0.1, 0.15) is 0 Å². The van der Waals surface area contributed by atoms with Crippen LogP contribution >= 0.6 is 0 Å². The fourth-order valence-corrected chi connectivity index (χ4v) is 4.20. The zero-order valence-electron chi connectivity index (χ0n) is 15.7. The maximum atomic E-state index is 4.99. The van der Waals surface area contributed by atoms with Gasteiger partial charge >= 0.3 is 0 Å². The summed E-state index contributed by atoms with van der Waals surface area (Å²) in [5, 5.41) is 0. The minimum Gasteiger partial charge on any atom is -0.355 e. The normalized spacial score (nSPS) is 17.8.